The first-order chi connectivity index (χ1) is 9.72. The van der Waals surface area contributed by atoms with E-state index in [1.54, 1.807) is 31.0 Å². The Morgan fingerprint density at radius 3 is 2.60 bits per heavy atom. The topological polar surface area (TPSA) is 57.9 Å². The molecule has 0 fully saturated rings. The Morgan fingerprint density at radius 2 is 2.00 bits per heavy atom. The Kier molecular flexibility index (Phi) is 4.85. The van der Waals surface area contributed by atoms with Gasteiger partial charge in [-0.25, -0.2) is 4.98 Å². The van der Waals surface area contributed by atoms with Crippen LogP contribution in [-0.2, 0) is 0 Å². The molecule has 0 aliphatic rings. The Balaban J connectivity index is 2.06. The van der Waals surface area contributed by atoms with Crippen molar-refractivity contribution in [2.45, 2.75) is 13.8 Å². The van der Waals surface area contributed by atoms with Gasteiger partial charge in [0, 0.05) is 17.5 Å². The van der Waals surface area contributed by atoms with E-state index < -0.39 is 0 Å². The highest BCUT2D eigenvalue weighted by molar-refractivity contribution is 8.00. The van der Waals surface area contributed by atoms with Crippen molar-refractivity contribution in [2.75, 3.05) is 10.5 Å². The fourth-order valence-electron chi connectivity index (χ4n) is 1.58. The summed E-state index contributed by atoms with van der Waals surface area (Å²) >= 11 is 1.64. The van der Waals surface area contributed by atoms with E-state index in [9.17, 15) is 0 Å². The fourth-order valence-corrected chi connectivity index (χ4v) is 2.03. The third kappa shape index (κ3) is 3.65. The number of hydrogen-bond acceptors (Lipinski definition) is 5. The Labute approximate surface area is 122 Å². The summed E-state index contributed by atoms with van der Waals surface area (Å²) in [4.78, 5) is 4.25. The second-order valence-corrected chi connectivity index (χ2v) is 5.13. The van der Waals surface area contributed by atoms with Gasteiger partial charge >= 0.3 is 0 Å². The highest BCUT2D eigenvalue weighted by Gasteiger charge is 2.03. The maximum Gasteiger partial charge on any atom is 0.219 e. The lowest BCUT2D eigenvalue weighted by Crippen LogP contribution is -1.93. The van der Waals surface area contributed by atoms with E-state index in [1.165, 1.54) is 0 Å². The average Bonchev–Trinajstić information content (AvgIpc) is 2.47. The van der Waals surface area contributed by atoms with Gasteiger partial charge in [0.1, 0.15) is 11.8 Å². The minimum atomic E-state index is 0.491. The number of nitrogens with one attached hydrogen (secondary N) is 1. The average molecular weight is 285 g/mol. The third-order valence-corrected chi connectivity index (χ3v) is 3.26. The van der Waals surface area contributed by atoms with Crippen LogP contribution >= 0.6 is 11.9 Å². The summed E-state index contributed by atoms with van der Waals surface area (Å²) < 4.78 is 8.88. The van der Waals surface area contributed by atoms with Crippen LogP contribution < -0.4 is 9.46 Å². The van der Waals surface area contributed by atoms with Gasteiger partial charge in [0.15, 0.2) is 0 Å². The maximum absolute atomic E-state index is 8.86. The standard InChI is InChI=1S/C15H15N3OS/c1-3-20-18-13-5-7-14(8-6-13)19-15-9-4-12(10-16)11(2)17-15/h4-9,18H,3H2,1-2H3. The highest BCUT2D eigenvalue weighted by Crippen LogP contribution is 2.23. The fraction of sp³-hybridized carbons (Fsp3) is 0.200. The van der Waals surface area contributed by atoms with Gasteiger partial charge in [0.25, 0.3) is 0 Å². The lowest BCUT2D eigenvalue weighted by Gasteiger charge is -2.08. The van der Waals surface area contributed by atoms with Crippen molar-refractivity contribution in [2.24, 2.45) is 0 Å². The number of ether oxygens (including phenoxy) is 1. The number of benzene rings is 1. The quantitative estimate of drug-likeness (QED) is 0.837. The van der Waals surface area contributed by atoms with Crippen molar-refractivity contribution in [1.82, 2.24) is 4.98 Å². The molecule has 1 aromatic heterocycles. The minimum Gasteiger partial charge on any atom is -0.439 e. The number of anilines is 1. The third-order valence-electron chi connectivity index (χ3n) is 2.59. The monoisotopic (exact) mass is 285 g/mol. The number of nitriles is 1. The number of aromatic nitrogens is 1. The van der Waals surface area contributed by atoms with Gasteiger partial charge in [0.05, 0.1) is 11.3 Å². The molecule has 2 aromatic rings. The van der Waals surface area contributed by atoms with Gasteiger partial charge in [-0.3, -0.25) is 0 Å². The van der Waals surface area contributed by atoms with Crippen LogP contribution in [0.5, 0.6) is 11.6 Å². The summed E-state index contributed by atoms with van der Waals surface area (Å²) in [7, 11) is 0. The number of hydrogen-bond donors (Lipinski definition) is 1. The zero-order valence-corrected chi connectivity index (χ0v) is 12.2. The molecule has 0 aliphatic heterocycles. The molecule has 0 saturated carbocycles. The van der Waals surface area contributed by atoms with Crippen LogP contribution in [0.4, 0.5) is 5.69 Å². The van der Waals surface area contributed by atoms with E-state index in [4.69, 9.17) is 10.00 Å². The van der Waals surface area contributed by atoms with Crippen LogP contribution in [0.1, 0.15) is 18.2 Å². The molecule has 1 N–H and O–H groups in total. The molecule has 0 unspecified atom stereocenters. The van der Waals surface area contributed by atoms with Gasteiger partial charge in [0.2, 0.25) is 5.88 Å². The molecule has 2 rings (SSSR count). The van der Waals surface area contributed by atoms with Crippen LogP contribution in [0.3, 0.4) is 0 Å². The molecule has 0 amide bonds. The second-order valence-electron chi connectivity index (χ2n) is 4.06. The van der Waals surface area contributed by atoms with Crippen LogP contribution in [0, 0.1) is 18.3 Å². The molecule has 1 aromatic carbocycles. The molecule has 1 heterocycles. The van der Waals surface area contributed by atoms with Crippen molar-refractivity contribution in [3.8, 4) is 17.7 Å². The first-order valence-corrected chi connectivity index (χ1v) is 7.25. The minimum absolute atomic E-state index is 0.491. The predicted octanol–water partition coefficient (Wildman–Crippen LogP) is 4.13. The first-order valence-electron chi connectivity index (χ1n) is 6.26. The summed E-state index contributed by atoms with van der Waals surface area (Å²) in [5, 5.41) is 8.86. The van der Waals surface area contributed by atoms with Crippen LogP contribution in [0.2, 0.25) is 0 Å². The number of nitrogens with zero attached hydrogens (tertiary/aromatic N) is 2. The van der Waals surface area contributed by atoms with E-state index >= 15 is 0 Å². The van der Waals surface area contributed by atoms with E-state index in [0.29, 0.717) is 22.9 Å². The molecule has 4 nitrogen and oxygen atoms in total. The summed E-state index contributed by atoms with van der Waals surface area (Å²) in [6.07, 6.45) is 0. The predicted molar refractivity (Wildman–Crippen MR) is 82.0 cm³/mol. The zero-order chi connectivity index (χ0) is 14.4. The molecule has 0 atom stereocenters. The SMILES string of the molecule is CCSNc1ccc(Oc2ccc(C#N)c(C)n2)cc1. The largest absolute Gasteiger partial charge is 0.439 e. The molecule has 20 heavy (non-hydrogen) atoms. The van der Waals surface area contributed by atoms with Crippen LogP contribution in [-0.4, -0.2) is 10.7 Å². The Morgan fingerprint density at radius 1 is 1.25 bits per heavy atom. The summed E-state index contributed by atoms with van der Waals surface area (Å²) in [6, 6.07) is 13.2. The van der Waals surface area contributed by atoms with Crippen LogP contribution in [0.25, 0.3) is 0 Å². The van der Waals surface area contributed by atoms with Crippen molar-refractivity contribution >= 4 is 17.6 Å². The Hall–Kier alpha value is -2.19. The van der Waals surface area contributed by atoms with E-state index in [-0.39, 0.29) is 0 Å². The van der Waals surface area contributed by atoms with Crippen molar-refractivity contribution in [3.05, 3.63) is 47.7 Å². The summed E-state index contributed by atoms with van der Waals surface area (Å²) in [5.41, 5.74) is 2.27. The zero-order valence-electron chi connectivity index (χ0n) is 11.4. The molecular formula is C15H15N3OS. The molecule has 0 bridgehead atoms. The van der Waals surface area contributed by atoms with Crippen LogP contribution in [0.15, 0.2) is 36.4 Å². The van der Waals surface area contributed by atoms with Crippen molar-refractivity contribution < 1.29 is 4.74 Å². The van der Waals surface area contributed by atoms with Gasteiger partial charge in [-0.15, -0.1) is 0 Å². The normalized spacial score (nSPS) is 9.85. The molecule has 0 saturated heterocycles. The molecule has 5 heteroatoms. The lowest BCUT2D eigenvalue weighted by molar-refractivity contribution is 0.461. The maximum atomic E-state index is 8.86. The molecule has 0 spiro atoms. The summed E-state index contributed by atoms with van der Waals surface area (Å²) in [5.74, 6) is 2.21. The smallest absolute Gasteiger partial charge is 0.219 e. The molecule has 0 radical (unpaired) electrons. The molecule has 102 valence electrons. The first kappa shape index (κ1) is 14.2. The van der Waals surface area contributed by atoms with Gasteiger partial charge in [-0.2, -0.15) is 5.26 Å². The Bertz CT molecular complexity index is 620. The molecule has 0 aliphatic carbocycles. The number of rotatable bonds is 5. The van der Waals surface area contributed by atoms with Gasteiger partial charge in [-0.1, -0.05) is 18.9 Å². The highest BCUT2D eigenvalue weighted by atomic mass is 32.2. The summed E-state index contributed by atoms with van der Waals surface area (Å²) in [6.45, 7) is 3.88. The van der Waals surface area contributed by atoms with E-state index in [2.05, 4.69) is 22.7 Å². The van der Waals surface area contributed by atoms with E-state index in [0.717, 1.165) is 11.4 Å². The van der Waals surface area contributed by atoms with E-state index in [1.807, 2.05) is 24.3 Å². The van der Waals surface area contributed by atoms with Crippen molar-refractivity contribution in [3.63, 3.8) is 0 Å². The van der Waals surface area contributed by atoms with Gasteiger partial charge < -0.3 is 9.46 Å². The lowest BCUT2D eigenvalue weighted by atomic mass is 10.2. The number of pyridine rings is 1. The van der Waals surface area contributed by atoms with Crippen molar-refractivity contribution in [1.29, 1.82) is 5.26 Å². The molecular weight excluding hydrogens is 270 g/mol. The second kappa shape index (κ2) is 6.83. The van der Waals surface area contributed by atoms with Gasteiger partial charge in [-0.05, 0) is 37.3 Å². The number of aryl methyl sites for hydroxylation is 1.